The van der Waals surface area contributed by atoms with Gasteiger partial charge in [0, 0.05) is 30.2 Å². The van der Waals surface area contributed by atoms with E-state index in [-0.39, 0.29) is 5.92 Å². The molecule has 0 spiro atoms. The summed E-state index contributed by atoms with van der Waals surface area (Å²) >= 11 is 0. The Morgan fingerprint density at radius 1 is 1.15 bits per heavy atom. The SMILES string of the molecule is Nc1ncc(-c2cccc3ncccc23)nc1N1CCC(C(=O)O)CC1. The highest BCUT2D eigenvalue weighted by Gasteiger charge is 2.26. The smallest absolute Gasteiger partial charge is 0.306 e. The second kappa shape index (κ2) is 6.59. The molecule has 3 aromatic rings. The molecule has 1 fully saturated rings. The molecule has 7 nitrogen and oxygen atoms in total. The second-order valence-electron chi connectivity index (χ2n) is 6.44. The van der Waals surface area contributed by atoms with Crippen LogP contribution in [0.1, 0.15) is 12.8 Å². The number of anilines is 2. The van der Waals surface area contributed by atoms with Crippen LogP contribution in [0.5, 0.6) is 0 Å². The molecule has 3 N–H and O–H groups in total. The van der Waals surface area contributed by atoms with Gasteiger partial charge >= 0.3 is 5.97 Å². The maximum absolute atomic E-state index is 11.2. The third-order valence-electron chi connectivity index (χ3n) is 4.85. The van der Waals surface area contributed by atoms with Gasteiger partial charge in [0.2, 0.25) is 0 Å². The molecule has 0 radical (unpaired) electrons. The Morgan fingerprint density at radius 3 is 2.73 bits per heavy atom. The molecule has 0 bridgehead atoms. The predicted octanol–water partition coefficient (Wildman–Crippen LogP) is 2.58. The highest BCUT2D eigenvalue weighted by Crippen LogP contribution is 2.30. The number of benzene rings is 1. The van der Waals surface area contributed by atoms with Gasteiger partial charge in [-0.2, -0.15) is 0 Å². The Morgan fingerprint density at radius 2 is 1.96 bits per heavy atom. The molecule has 132 valence electrons. The Hall–Kier alpha value is -3.22. The first-order chi connectivity index (χ1) is 12.6. The van der Waals surface area contributed by atoms with Crippen LogP contribution in [-0.4, -0.2) is 39.1 Å². The van der Waals surface area contributed by atoms with Gasteiger partial charge in [-0.15, -0.1) is 0 Å². The fraction of sp³-hybridized carbons (Fsp3) is 0.263. The third kappa shape index (κ3) is 2.92. The summed E-state index contributed by atoms with van der Waals surface area (Å²) in [5, 5.41) is 10.2. The second-order valence-corrected chi connectivity index (χ2v) is 6.44. The van der Waals surface area contributed by atoms with Crippen molar-refractivity contribution in [2.45, 2.75) is 12.8 Å². The van der Waals surface area contributed by atoms with Crippen molar-refractivity contribution in [3.05, 3.63) is 42.7 Å². The van der Waals surface area contributed by atoms with Gasteiger partial charge in [-0.1, -0.05) is 18.2 Å². The van der Waals surface area contributed by atoms with E-state index >= 15 is 0 Å². The van der Waals surface area contributed by atoms with E-state index in [9.17, 15) is 4.79 Å². The molecule has 7 heteroatoms. The van der Waals surface area contributed by atoms with Gasteiger partial charge in [0.25, 0.3) is 0 Å². The Kier molecular flexibility index (Phi) is 4.12. The molecule has 0 aliphatic carbocycles. The minimum atomic E-state index is -0.735. The number of carbonyl (C=O) groups is 1. The number of hydrogen-bond donors (Lipinski definition) is 2. The molecule has 0 saturated carbocycles. The predicted molar refractivity (Wildman–Crippen MR) is 99.8 cm³/mol. The Labute approximate surface area is 150 Å². The van der Waals surface area contributed by atoms with E-state index < -0.39 is 5.97 Å². The van der Waals surface area contributed by atoms with Crippen LogP contribution in [0.2, 0.25) is 0 Å². The molecular weight excluding hydrogens is 330 g/mol. The van der Waals surface area contributed by atoms with Crippen LogP contribution >= 0.6 is 0 Å². The average molecular weight is 349 g/mol. The number of nitrogens with two attached hydrogens (primary N) is 1. The minimum absolute atomic E-state index is 0.298. The van der Waals surface area contributed by atoms with Crippen molar-refractivity contribution in [1.82, 2.24) is 15.0 Å². The molecule has 0 unspecified atom stereocenters. The topological polar surface area (TPSA) is 105 Å². The van der Waals surface area contributed by atoms with Gasteiger partial charge in [0.15, 0.2) is 11.6 Å². The number of aliphatic carboxylic acids is 1. The number of nitrogen functional groups attached to an aromatic ring is 1. The van der Waals surface area contributed by atoms with Gasteiger partial charge in [-0.25, -0.2) is 9.97 Å². The van der Waals surface area contributed by atoms with Gasteiger partial charge in [-0.3, -0.25) is 9.78 Å². The number of aromatic nitrogens is 3. The maximum Gasteiger partial charge on any atom is 0.306 e. The van der Waals surface area contributed by atoms with Gasteiger partial charge < -0.3 is 15.7 Å². The van der Waals surface area contributed by atoms with Crippen LogP contribution in [0.4, 0.5) is 11.6 Å². The van der Waals surface area contributed by atoms with Crippen LogP contribution in [0.15, 0.2) is 42.7 Å². The number of fused-ring (bicyclic) bond motifs is 1. The first kappa shape index (κ1) is 16.3. The van der Waals surface area contributed by atoms with Crippen LogP contribution in [0, 0.1) is 5.92 Å². The van der Waals surface area contributed by atoms with E-state index in [0.717, 1.165) is 22.2 Å². The lowest BCUT2D eigenvalue weighted by atomic mass is 9.97. The molecular formula is C19H19N5O2. The van der Waals surface area contributed by atoms with Crippen LogP contribution in [0.25, 0.3) is 22.2 Å². The maximum atomic E-state index is 11.2. The number of carboxylic acid groups (broad SMARTS) is 1. The van der Waals surface area contributed by atoms with Crippen molar-refractivity contribution in [3.8, 4) is 11.3 Å². The molecule has 1 aromatic carbocycles. The standard InChI is InChI=1S/C19H19N5O2/c20-17-18(24-9-6-12(7-10-24)19(25)26)23-16(11-22-17)14-3-1-5-15-13(14)4-2-8-21-15/h1-5,8,11-12H,6-7,9-10H2,(H2,20,22)(H,25,26). The summed E-state index contributed by atoms with van der Waals surface area (Å²) in [5.41, 5.74) is 8.64. The number of rotatable bonds is 3. The first-order valence-corrected chi connectivity index (χ1v) is 8.58. The zero-order valence-electron chi connectivity index (χ0n) is 14.2. The van der Waals surface area contributed by atoms with E-state index in [0.29, 0.717) is 37.6 Å². The zero-order valence-corrected chi connectivity index (χ0v) is 14.2. The van der Waals surface area contributed by atoms with Crippen molar-refractivity contribution in [3.63, 3.8) is 0 Å². The van der Waals surface area contributed by atoms with Crippen molar-refractivity contribution >= 4 is 28.5 Å². The fourth-order valence-electron chi connectivity index (χ4n) is 3.42. The summed E-state index contributed by atoms with van der Waals surface area (Å²) in [7, 11) is 0. The minimum Gasteiger partial charge on any atom is -0.481 e. The fourth-order valence-corrected chi connectivity index (χ4v) is 3.42. The van der Waals surface area contributed by atoms with Gasteiger partial charge in [0.1, 0.15) is 0 Å². The van der Waals surface area contributed by atoms with E-state index in [2.05, 4.69) is 9.97 Å². The molecule has 0 atom stereocenters. The number of hydrogen-bond acceptors (Lipinski definition) is 6. The van der Waals surface area contributed by atoms with Gasteiger partial charge in [0.05, 0.1) is 23.3 Å². The quantitative estimate of drug-likeness (QED) is 0.748. The average Bonchev–Trinajstić information content (AvgIpc) is 2.68. The highest BCUT2D eigenvalue weighted by molar-refractivity contribution is 5.93. The van der Waals surface area contributed by atoms with E-state index in [1.807, 2.05) is 35.2 Å². The lowest BCUT2D eigenvalue weighted by Crippen LogP contribution is -2.37. The normalized spacial score (nSPS) is 15.3. The number of carboxylic acids is 1. The monoisotopic (exact) mass is 349 g/mol. The van der Waals surface area contributed by atoms with Crippen LogP contribution < -0.4 is 10.6 Å². The van der Waals surface area contributed by atoms with E-state index in [1.54, 1.807) is 12.4 Å². The lowest BCUT2D eigenvalue weighted by molar-refractivity contribution is -0.142. The summed E-state index contributed by atoms with van der Waals surface area (Å²) in [5.74, 6) is -0.0541. The van der Waals surface area contributed by atoms with Crippen molar-refractivity contribution in [2.24, 2.45) is 5.92 Å². The van der Waals surface area contributed by atoms with Crippen molar-refractivity contribution in [1.29, 1.82) is 0 Å². The molecule has 1 aliphatic rings. The molecule has 2 aromatic heterocycles. The number of pyridine rings is 1. The Bertz CT molecular complexity index is 962. The number of piperidine rings is 1. The highest BCUT2D eigenvalue weighted by atomic mass is 16.4. The van der Waals surface area contributed by atoms with Crippen molar-refractivity contribution < 1.29 is 9.90 Å². The molecule has 3 heterocycles. The summed E-state index contributed by atoms with van der Waals surface area (Å²) in [4.78, 5) is 26.6. The van der Waals surface area contributed by atoms with E-state index in [4.69, 9.17) is 15.8 Å². The van der Waals surface area contributed by atoms with Crippen LogP contribution in [-0.2, 0) is 4.79 Å². The summed E-state index contributed by atoms with van der Waals surface area (Å²) in [6.07, 6.45) is 4.60. The Balaban J connectivity index is 1.70. The molecule has 1 aliphatic heterocycles. The molecule has 1 saturated heterocycles. The summed E-state index contributed by atoms with van der Waals surface area (Å²) in [6, 6.07) is 9.80. The first-order valence-electron chi connectivity index (χ1n) is 8.58. The largest absolute Gasteiger partial charge is 0.481 e. The zero-order chi connectivity index (χ0) is 18.1. The van der Waals surface area contributed by atoms with Gasteiger partial charge in [-0.05, 0) is 25.0 Å². The molecule has 4 rings (SSSR count). The van der Waals surface area contributed by atoms with Crippen molar-refractivity contribution in [2.75, 3.05) is 23.7 Å². The van der Waals surface area contributed by atoms with E-state index in [1.165, 1.54) is 0 Å². The third-order valence-corrected chi connectivity index (χ3v) is 4.85. The number of nitrogens with zero attached hydrogens (tertiary/aromatic N) is 4. The summed E-state index contributed by atoms with van der Waals surface area (Å²) in [6.45, 7) is 1.22. The molecule has 26 heavy (non-hydrogen) atoms. The van der Waals surface area contributed by atoms with Crippen LogP contribution in [0.3, 0.4) is 0 Å². The summed E-state index contributed by atoms with van der Waals surface area (Å²) < 4.78 is 0. The molecule has 0 amide bonds. The lowest BCUT2D eigenvalue weighted by Gasteiger charge is -2.31.